The maximum absolute atomic E-state index is 5.87. The van der Waals surface area contributed by atoms with Crippen LogP contribution in [0.4, 0.5) is 0 Å². The summed E-state index contributed by atoms with van der Waals surface area (Å²) in [5.41, 5.74) is 3.37. The summed E-state index contributed by atoms with van der Waals surface area (Å²) in [4.78, 5) is 8.39. The zero-order valence-electron chi connectivity index (χ0n) is 16.4. The number of guanidine groups is 1. The molecule has 2 rings (SSSR count). The van der Waals surface area contributed by atoms with Crippen LogP contribution < -0.4 is 20.1 Å². The highest BCUT2D eigenvalue weighted by Gasteiger charge is 2.06. The zero-order valence-corrected chi connectivity index (χ0v) is 18.7. The molecule has 0 aliphatic carbocycles. The number of halogens is 1. The molecule has 1 aromatic heterocycles. The number of nitrogens with zero attached hydrogens (tertiary/aromatic N) is 2. The fourth-order valence-electron chi connectivity index (χ4n) is 2.41. The first-order valence-electron chi connectivity index (χ1n) is 8.82. The average Bonchev–Trinajstić information content (AvgIpc) is 2.67. The molecule has 0 atom stereocenters. The Balaban J connectivity index is 0.00000364. The summed E-state index contributed by atoms with van der Waals surface area (Å²) < 4.78 is 11.0. The van der Waals surface area contributed by atoms with Crippen molar-refractivity contribution in [2.75, 3.05) is 20.8 Å². The normalized spacial score (nSPS) is 10.7. The Kier molecular flexibility index (Phi) is 10.5. The summed E-state index contributed by atoms with van der Waals surface area (Å²) in [5, 5.41) is 6.63. The van der Waals surface area contributed by atoms with Gasteiger partial charge in [-0.15, -0.1) is 24.0 Å². The molecule has 0 aliphatic rings. The van der Waals surface area contributed by atoms with Crippen molar-refractivity contribution in [2.24, 2.45) is 4.99 Å². The van der Waals surface area contributed by atoms with E-state index in [0.717, 1.165) is 29.3 Å². The third kappa shape index (κ3) is 7.62. The molecule has 0 aliphatic heterocycles. The Labute approximate surface area is 178 Å². The number of benzene rings is 1. The van der Waals surface area contributed by atoms with Crippen molar-refractivity contribution in [3.05, 3.63) is 53.2 Å². The van der Waals surface area contributed by atoms with Crippen molar-refractivity contribution in [3.8, 4) is 11.6 Å². The number of aryl methyl sites for hydroxylation is 1. The van der Waals surface area contributed by atoms with Gasteiger partial charge in [-0.25, -0.2) is 4.98 Å². The van der Waals surface area contributed by atoms with Crippen LogP contribution in [0.25, 0.3) is 0 Å². The summed E-state index contributed by atoms with van der Waals surface area (Å²) in [6.07, 6.45) is 2.72. The summed E-state index contributed by atoms with van der Waals surface area (Å²) in [5.74, 6) is 2.25. The van der Waals surface area contributed by atoms with E-state index >= 15 is 0 Å². The van der Waals surface area contributed by atoms with Crippen LogP contribution in [0.2, 0.25) is 0 Å². The van der Waals surface area contributed by atoms with Crippen molar-refractivity contribution >= 4 is 29.9 Å². The molecule has 0 saturated carbocycles. The van der Waals surface area contributed by atoms with Crippen LogP contribution in [0.1, 0.15) is 30.0 Å². The SMILES string of the molecule is CCCOc1cc(C)ccc1CNC(=NC)NCc1ccnc(OC)c1.I. The number of hydrogen-bond donors (Lipinski definition) is 2. The quantitative estimate of drug-likeness (QED) is 0.340. The van der Waals surface area contributed by atoms with E-state index in [1.165, 1.54) is 5.56 Å². The second kappa shape index (κ2) is 12.4. The summed E-state index contributed by atoms with van der Waals surface area (Å²) in [6.45, 7) is 6.16. The molecular weight excluding hydrogens is 455 g/mol. The molecule has 2 aromatic rings. The lowest BCUT2D eigenvalue weighted by Crippen LogP contribution is -2.36. The standard InChI is InChI=1S/C20H28N4O2.HI/c1-5-10-26-18-11-15(2)6-7-17(18)14-24-20(21-3)23-13-16-8-9-22-19(12-16)25-4;/h6-9,11-12H,5,10,13-14H2,1-4H3,(H2,21,23,24);1H. The molecule has 0 amide bonds. The van der Waals surface area contributed by atoms with Gasteiger partial charge in [0.1, 0.15) is 5.75 Å². The molecule has 27 heavy (non-hydrogen) atoms. The Morgan fingerprint density at radius 2 is 1.93 bits per heavy atom. The first-order valence-corrected chi connectivity index (χ1v) is 8.82. The van der Waals surface area contributed by atoms with Crippen LogP contribution in [-0.2, 0) is 13.1 Å². The molecule has 0 saturated heterocycles. The smallest absolute Gasteiger partial charge is 0.213 e. The number of aromatic nitrogens is 1. The van der Waals surface area contributed by atoms with Crippen LogP contribution in [0, 0.1) is 6.92 Å². The van der Waals surface area contributed by atoms with E-state index < -0.39 is 0 Å². The molecule has 148 valence electrons. The maximum atomic E-state index is 5.87. The molecule has 1 heterocycles. The Morgan fingerprint density at radius 3 is 2.63 bits per heavy atom. The highest BCUT2D eigenvalue weighted by molar-refractivity contribution is 14.0. The molecule has 6 nitrogen and oxygen atoms in total. The van der Waals surface area contributed by atoms with Gasteiger partial charge in [-0.1, -0.05) is 19.1 Å². The predicted molar refractivity (Wildman–Crippen MR) is 120 cm³/mol. The van der Waals surface area contributed by atoms with Crippen LogP contribution in [-0.4, -0.2) is 31.7 Å². The number of nitrogens with one attached hydrogen (secondary N) is 2. The highest BCUT2D eigenvalue weighted by Crippen LogP contribution is 2.20. The number of rotatable bonds is 8. The molecule has 0 unspecified atom stereocenters. The van der Waals surface area contributed by atoms with Gasteiger partial charge in [0, 0.05) is 38.0 Å². The lowest BCUT2D eigenvalue weighted by molar-refractivity contribution is 0.313. The number of ether oxygens (including phenoxy) is 2. The molecule has 0 radical (unpaired) electrons. The third-order valence-corrected chi connectivity index (χ3v) is 3.82. The molecule has 0 fully saturated rings. The minimum atomic E-state index is 0. The van der Waals surface area contributed by atoms with E-state index in [0.29, 0.717) is 25.6 Å². The van der Waals surface area contributed by atoms with Gasteiger partial charge < -0.3 is 20.1 Å². The van der Waals surface area contributed by atoms with E-state index in [9.17, 15) is 0 Å². The van der Waals surface area contributed by atoms with Gasteiger partial charge in [0.2, 0.25) is 5.88 Å². The van der Waals surface area contributed by atoms with Gasteiger partial charge in [0.15, 0.2) is 5.96 Å². The van der Waals surface area contributed by atoms with Gasteiger partial charge in [-0.3, -0.25) is 4.99 Å². The number of methoxy groups -OCH3 is 1. The van der Waals surface area contributed by atoms with Crippen LogP contribution in [0.15, 0.2) is 41.5 Å². The highest BCUT2D eigenvalue weighted by atomic mass is 127. The van der Waals surface area contributed by atoms with Crippen molar-refractivity contribution in [1.29, 1.82) is 0 Å². The molecular formula is C20H29IN4O2. The number of aliphatic imine (C=N–C) groups is 1. The van der Waals surface area contributed by atoms with Gasteiger partial charge in [-0.05, 0) is 36.6 Å². The third-order valence-electron chi connectivity index (χ3n) is 3.82. The van der Waals surface area contributed by atoms with Gasteiger partial charge in [0.25, 0.3) is 0 Å². The van der Waals surface area contributed by atoms with Crippen molar-refractivity contribution < 1.29 is 9.47 Å². The van der Waals surface area contributed by atoms with Gasteiger partial charge in [0.05, 0.1) is 13.7 Å². The van der Waals surface area contributed by atoms with Gasteiger partial charge in [-0.2, -0.15) is 0 Å². The first-order chi connectivity index (χ1) is 12.7. The van der Waals surface area contributed by atoms with Crippen LogP contribution >= 0.6 is 24.0 Å². The fraction of sp³-hybridized carbons (Fsp3) is 0.400. The van der Waals surface area contributed by atoms with Crippen molar-refractivity contribution in [3.63, 3.8) is 0 Å². The molecule has 0 spiro atoms. The zero-order chi connectivity index (χ0) is 18.8. The summed E-state index contributed by atoms with van der Waals surface area (Å²) in [6, 6.07) is 10.1. The first kappa shape index (κ1) is 23.0. The van der Waals surface area contributed by atoms with E-state index in [4.69, 9.17) is 9.47 Å². The Morgan fingerprint density at radius 1 is 1.15 bits per heavy atom. The van der Waals surface area contributed by atoms with E-state index in [2.05, 4.69) is 52.7 Å². The fourth-order valence-corrected chi connectivity index (χ4v) is 2.41. The Hall–Kier alpha value is -2.03. The van der Waals surface area contributed by atoms with E-state index in [1.54, 1.807) is 20.4 Å². The second-order valence-electron chi connectivity index (χ2n) is 5.95. The topological polar surface area (TPSA) is 67.8 Å². The van der Waals surface area contributed by atoms with Crippen molar-refractivity contribution in [1.82, 2.24) is 15.6 Å². The van der Waals surface area contributed by atoms with Crippen LogP contribution in [0.5, 0.6) is 11.6 Å². The lowest BCUT2D eigenvalue weighted by atomic mass is 10.1. The molecule has 0 bridgehead atoms. The second-order valence-corrected chi connectivity index (χ2v) is 5.95. The minimum Gasteiger partial charge on any atom is -0.493 e. The summed E-state index contributed by atoms with van der Waals surface area (Å²) >= 11 is 0. The van der Waals surface area contributed by atoms with Crippen molar-refractivity contribution in [2.45, 2.75) is 33.4 Å². The number of pyridine rings is 1. The monoisotopic (exact) mass is 484 g/mol. The average molecular weight is 484 g/mol. The molecule has 2 N–H and O–H groups in total. The molecule has 1 aromatic carbocycles. The minimum absolute atomic E-state index is 0. The van der Waals surface area contributed by atoms with Crippen LogP contribution in [0.3, 0.4) is 0 Å². The largest absolute Gasteiger partial charge is 0.493 e. The number of hydrogen-bond acceptors (Lipinski definition) is 4. The predicted octanol–water partition coefficient (Wildman–Crippen LogP) is 3.67. The van der Waals surface area contributed by atoms with Gasteiger partial charge >= 0.3 is 0 Å². The lowest BCUT2D eigenvalue weighted by Gasteiger charge is -2.15. The maximum Gasteiger partial charge on any atom is 0.213 e. The summed E-state index contributed by atoms with van der Waals surface area (Å²) in [7, 11) is 3.37. The Bertz CT molecular complexity index is 738. The van der Waals surface area contributed by atoms with E-state index in [1.807, 2.05) is 12.1 Å². The van der Waals surface area contributed by atoms with E-state index in [-0.39, 0.29) is 24.0 Å². The molecule has 7 heteroatoms.